The van der Waals surface area contributed by atoms with E-state index in [1.54, 1.807) is 14.2 Å². The highest BCUT2D eigenvalue weighted by Gasteiger charge is 2.48. The van der Waals surface area contributed by atoms with Crippen molar-refractivity contribution in [2.24, 2.45) is 0 Å². The van der Waals surface area contributed by atoms with Crippen molar-refractivity contribution < 1.29 is 14.3 Å². The molecule has 1 amide bonds. The van der Waals surface area contributed by atoms with Crippen LogP contribution in [0.2, 0.25) is 0 Å². The van der Waals surface area contributed by atoms with Gasteiger partial charge in [0.25, 0.3) is 0 Å². The van der Waals surface area contributed by atoms with Gasteiger partial charge in [-0.1, -0.05) is 54.6 Å². The van der Waals surface area contributed by atoms with Crippen LogP contribution in [-0.2, 0) is 11.2 Å². The van der Waals surface area contributed by atoms with Crippen molar-refractivity contribution in [1.82, 2.24) is 4.90 Å². The van der Waals surface area contributed by atoms with Gasteiger partial charge >= 0.3 is 0 Å². The predicted octanol–water partition coefficient (Wildman–Crippen LogP) is 5.00. The summed E-state index contributed by atoms with van der Waals surface area (Å²) in [6.07, 6.45) is 1.91. The number of aryl methyl sites for hydroxylation is 1. The van der Waals surface area contributed by atoms with Crippen LogP contribution in [0.5, 0.6) is 11.5 Å². The molecular formula is C26H27NO3. The van der Waals surface area contributed by atoms with E-state index in [0.29, 0.717) is 0 Å². The molecule has 0 aliphatic carbocycles. The van der Waals surface area contributed by atoms with Gasteiger partial charge in [0.15, 0.2) is 0 Å². The normalized spacial score (nSPS) is 18.1. The van der Waals surface area contributed by atoms with E-state index >= 15 is 0 Å². The maximum atomic E-state index is 13.1. The molecule has 1 heterocycles. The van der Waals surface area contributed by atoms with E-state index in [1.807, 2.05) is 47.4 Å². The van der Waals surface area contributed by atoms with Gasteiger partial charge in [0.2, 0.25) is 5.91 Å². The average Bonchev–Trinajstić information content (AvgIpc) is 2.81. The van der Waals surface area contributed by atoms with E-state index in [-0.39, 0.29) is 17.9 Å². The van der Waals surface area contributed by atoms with E-state index in [9.17, 15) is 4.79 Å². The Hall–Kier alpha value is -3.27. The standard InChI is InChI=1S/C26H27NO3/c1-29-22-14-10-20(11-15-22)24-25(21-12-16-23(30-2)17-13-21)27(26(24)28)18-6-9-19-7-4-3-5-8-19/h3-5,7-8,10-17,24-25H,6,9,18H2,1-2H3. The number of methoxy groups -OCH3 is 2. The van der Waals surface area contributed by atoms with Gasteiger partial charge in [0.1, 0.15) is 11.5 Å². The van der Waals surface area contributed by atoms with E-state index in [2.05, 4.69) is 36.4 Å². The number of nitrogens with zero attached hydrogens (tertiary/aromatic N) is 1. The molecule has 1 aliphatic heterocycles. The zero-order chi connectivity index (χ0) is 20.9. The van der Waals surface area contributed by atoms with Crippen LogP contribution in [0.3, 0.4) is 0 Å². The van der Waals surface area contributed by atoms with Gasteiger partial charge < -0.3 is 14.4 Å². The third-order valence-electron chi connectivity index (χ3n) is 5.84. The molecule has 30 heavy (non-hydrogen) atoms. The van der Waals surface area contributed by atoms with Crippen molar-refractivity contribution in [3.05, 3.63) is 95.6 Å². The molecule has 3 aromatic rings. The molecule has 154 valence electrons. The van der Waals surface area contributed by atoms with E-state index in [1.165, 1.54) is 5.56 Å². The number of ether oxygens (including phenoxy) is 2. The maximum absolute atomic E-state index is 13.1. The first kappa shape index (κ1) is 20.0. The number of β-lactam (4-membered cyclic amide) rings is 1. The molecule has 4 heteroatoms. The second-order valence-electron chi connectivity index (χ2n) is 7.59. The van der Waals surface area contributed by atoms with Crippen molar-refractivity contribution in [1.29, 1.82) is 0 Å². The van der Waals surface area contributed by atoms with Crippen molar-refractivity contribution in [3.8, 4) is 11.5 Å². The zero-order valence-corrected chi connectivity index (χ0v) is 17.5. The van der Waals surface area contributed by atoms with E-state index < -0.39 is 0 Å². The van der Waals surface area contributed by atoms with Gasteiger partial charge in [-0.3, -0.25) is 4.79 Å². The lowest BCUT2D eigenvalue weighted by Crippen LogP contribution is -2.53. The fourth-order valence-corrected chi connectivity index (χ4v) is 4.21. The minimum absolute atomic E-state index is 0.0348. The SMILES string of the molecule is COc1ccc(C2C(=O)N(CCCc3ccccc3)C2c2ccc(OC)cc2)cc1. The molecule has 2 unspecified atom stereocenters. The second kappa shape index (κ2) is 9.04. The van der Waals surface area contributed by atoms with Crippen LogP contribution in [-0.4, -0.2) is 31.6 Å². The van der Waals surface area contributed by atoms with E-state index in [4.69, 9.17) is 9.47 Å². The largest absolute Gasteiger partial charge is 0.497 e. The highest BCUT2D eigenvalue weighted by Crippen LogP contribution is 2.47. The molecule has 0 radical (unpaired) electrons. The minimum atomic E-state index is -0.166. The Kier molecular flexibility index (Phi) is 6.03. The summed E-state index contributed by atoms with van der Waals surface area (Å²) in [5, 5.41) is 0. The predicted molar refractivity (Wildman–Crippen MR) is 118 cm³/mol. The van der Waals surface area contributed by atoms with E-state index in [0.717, 1.165) is 42.0 Å². The lowest BCUT2D eigenvalue weighted by molar-refractivity contribution is -0.150. The van der Waals surface area contributed by atoms with Gasteiger partial charge in [-0.05, 0) is 53.8 Å². The number of benzene rings is 3. The Balaban J connectivity index is 1.54. The Morgan fingerprint density at radius 3 is 1.90 bits per heavy atom. The molecule has 0 spiro atoms. The lowest BCUT2D eigenvalue weighted by Gasteiger charge is -2.48. The zero-order valence-electron chi connectivity index (χ0n) is 17.5. The molecule has 1 saturated heterocycles. The summed E-state index contributed by atoms with van der Waals surface area (Å²) in [5.74, 6) is 1.64. The third-order valence-corrected chi connectivity index (χ3v) is 5.84. The van der Waals surface area contributed by atoms with Crippen molar-refractivity contribution in [2.75, 3.05) is 20.8 Å². The molecular weight excluding hydrogens is 374 g/mol. The molecule has 2 atom stereocenters. The van der Waals surface area contributed by atoms with Gasteiger partial charge in [-0.15, -0.1) is 0 Å². The Morgan fingerprint density at radius 1 is 0.767 bits per heavy atom. The first-order chi connectivity index (χ1) is 14.7. The summed E-state index contributed by atoms with van der Waals surface area (Å²) < 4.78 is 10.6. The van der Waals surface area contributed by atoms with Crippen LogP contribution in [0.4, 0.5) is 0 Å². The van der Waals surface area contributed by atoms with Crippen molar-refractivity contribution >= 4 is 5.91 Å². The summed E-state index contributed by atoms with van der Waals surface area (Å²) in [5.41, 5.74) is 3.47. The summed E-state index contributed by atoms with van der Waals surface area (Å²) in [4.78, 5) is 15.1. The molecule has 0 bridgehead atoms. The Labute approximate surface area is 178 Å². The third kappa shape index (κ3) is 4.04. The highest BCUT2D eigenvalue weighted by molar-refractivity contribution is 5.91. The Morgan fingerprint density at radius 2 is 1.33 bits per heavy atom. The molecule has 4 nitrogen and oxygen atoms in total. The fraction of sp³-hybridized carbons (Fsp3) is 0.269. The van der Waals surface area contributed by atoms with Gasteiger partial charge in [0, 0.05) is 6.54 Å². The maximum Gasteiger partial charge on any atom is 0.233 e. The average molecular weight is 402 g/mol. The summed E-state index contributed by atoms with van der Waals surface area (Å²) in [7, 11) is 3.32. The fourth-order valence-electron chi connectivity index (χ4n) is 4.21. The number of carbonyl (C=O) groups is 1. The number of rotatable bonds is 8. The van der Waals surface area contributed by atoms with Gasteiger partial charge in [-0.2, -0.15) is 0 Å². The van der Waals surface area contributed by atoms with Gasteiger partial charge in [-0.25, -0.2) is 0 Å². The second-order valence-corrected chi connectivity index (χ2v) is 7.59. The number of likely N-dealkylation sites (tertiary alicyclic amines) is 1. The smallest absolute Gasteiger partial charge is 0.233 e. The first-order valence-corrected chi connectivity index (χ1v) is 10.3. The molecule has 0 aromatic heterocycles. The van der Waals surface area contributed by atoms with Crippen LogP contribution >= 0.6 is 0 Å². The number of amides is 1. The number of hydrogen-bond donors (Lipinski definition) is 0. The Bertz CT molecular complexity index is 967. The van der Waals surface area contributed by atoms with Crippen LogP contribution in [0.25, 0.3) is 0 Å². The van der Waals surface area contributed by atoms with Crippen LogP contribution < -0.4 is 9.47 Å². The molecule has 4 rings (SSSR count). The van der Waals surface area contributed by atoms with Gasteiger partial charge in [0.05, 0.1) is 26.2 Å². The molecule has 0 saturated carbocycles. The number of hydrogen-bond acceptors (Lipinski definition) is 3. The molecule has 1 fully saturated rings. The summed E-state index contributed by atoms with van der Waals surface area (Å²) in [6.45, 7) is 0.747. The summed E-state index contributed by atoms with van der Waals surface area (Å²) in [6, 6.07) is 26.4. The topological polar surface area (TPSA) is 38.8 Å². The van der Waals surface area contributed by atoms with Crippen LogP contribution in [0.1, 0.15) is 35.1 Å². The molecule has 1 aliphatic rings. The first-order valence-electron chi connectivity index (χ1n) is 10.3. The van der Waals surface area contributed by atoms with Crippen molar-refractivity contribution in [3.63, 3.8) is 0 Å². The van der Waals surface area contributed by atoms with Crippen LogP contribution in [0.15, 0.2) is 78.9 Å². The summed E-state index contributed by atoms with van der Waals surface area (Å²) >= 11 is 0. The number of carbonyl (C=O) groups excluding carboxylic acids is 1. The highest BCUT2D eigenvalue weighted by atomic mass is 16.5. The molecule has 0 N–H and O–H groups in total. The minimum Gasteiger partial charge on any atom is -0.497 e. The lowest BCUT2D eigenvalue weighted by atomic mass is 9.77. The monoisotopic (exact) mass is 401 g/mol. The molecule has 3 aromatic carbocycles. The van der Waals surface area contributed by atoms with Crippen molar-refractivity contribution in [2.45, 2.75) is 24.8 Å². The van der Waals surface area contributed by atoms with Crippen LogP contribution in [0, 0.1) is 0 Å². The quantitative estimate of drug-likeness (QED) is 0.499.